The number of hydrogen-bond acceptors (Lipinski definition) is 10. The van der Waals surface area contributed by atoms with Gasteiger partial charge in [0.1, 0.15) is 6.79 Å². The molecule has 0 radical (unpaired) electrons. The third kappa shape index (κ3) is 6.80. The van der Waals surface area contributed by atoms with Crippen LogP contribution >= 0.6 is 0 Å². The second-order valence-corrected chi connectivity index (χ2v) is 17.0. The lowest BCUT2D eigenvalue weighted by molar-refractivity contribution is -0.206. The van der Waals surface area contributed by atoms with Gasteiger partial charge < -0.3 is 45.3 Å². The van der Waals surface area contributed by atoms with E-state index >= 15 is 0 Å². The molecule has 0 bridgehead atoms. The number of aliphatic hydroxyl groups is 3. The van der Waals surface area contributed by atoms with Crippen molar-refractivity contribution in [3.8, 4) is 0 Å². The number of nitrogens with one attached hydrogen (secondary N) is 1. The molecule has 6 N–H and O–H groups in total. The van der Waals surface area contributed by atoms with Gasteiger partial charge in [0.25, 0.3) is 0 Å². The van der Waals surface area contributed by atoms with E-state index in [1.54, 1.807) is 7.11 Å². The number of carbonyl (C=O) groups excluding carboxylic acids is 1. The summed E-state index contributed by atoms with van der Waals surface area (Å²) in [6, 6.07) is 0. The van der Waals surface area contributed by atoms with E-state index in [2.05, 4.69) is 5.32 Å². The lowest BCUT2D eigenvalue weighted by Crippen LogP contribution is -2.59. The quantitative estimate of drug-likeness (QED) is 0.193. The number of nitrogens with two attached hydrogens (primary N) is 1. The SMILES string of the molecule is COC1CC(C2OC3C(CCC4C5C(CC(O)CC5OCO)CC5(CCC(CC6CCC(N)NC6)C5)C43)C2COC(C)=O)CCC1O. The number of hydrogen-bond donors (Lipinski definition) is 5. The van der Waals surface area contributed by atoms with Crippen LogP contribution in [0.25, 0.3) is 0 Å². The topological polar surface area (TPSA) is 153 Å². The smallest absolute Gasteiger partial charge is 0.302 e. The molecule has 7 fully saturated rings. The molecule has 17 unspecified atom stereocenters. The maximum atomic E-state index is 12.1. The van der Waals surface area contributed by atoms with Crippen LogP contribution in [-0.2, 0) is 23.7 Å². The normalized spacial score (nSPS) is 51.3. The summed E-state index contributed by atoms with van der Waals surface area (Å²) in [5.41, 5.74) is 6.31. The van der Waals surface area contributed by atoms with Crippen molar-refractivity contribution in [2.24, 2.45) is 64.4 Å². The van der Waals surface area contributed by atoms with Crippen LogP contribution in [0.2, 0.25) is 0 Å². The fourth-order valence-corrected chi connectivity index (χ4v) is 12.9. The van der Waals surface area contributed by atoms with E-state index in [0.29, 0.717) is 60.9 Å². The average Bonchev–Trinajstić information content (AvgIpc) is 3.62. The van der Waals surface area contributed by atoms with Gasteiger partial charge in [0, 0.05) is 20.0 Å². The summed E-state index contributed by atoms with van der Waals surface area (Å²) in [6.45, 7) is 2.59. The van der Waals surface area contributed by atoms with Crippen LogP contribution in [0, 0.1) is 58.7 Å². The molecule has 10 nitrogen and oxygen atoms in total. The Hall–Kier alpha value is -0.850. The van der Waals surface area contributed by atoms with Gasteiger partial charge >= 0.3 is 5.97 Å². The Labute approximate surface area is 281 Å². The Balaban J connectivity index is 1.20. The number of piperidine rings is 1. The molecule has 268 valence electrons. The molecule has 5 aliphatic carbocycles. The Morgan fingerprint density at radius 1 is 0.936 bits per heavy atom. The van der Waals surface area contributed by atoms with Gasteiger partial charge in [-0.1, -0.05) is 0 Å². The van der Waals surface area contributed by atoms with Crippen molar-refractivity contribution in [3.05, 3.63) is 0 Å². The van der Waals surface area contributed by atoms with Crippen LogP contribution in [0.15, 0.2) is 0 Å². The van der Waals surface area contributed by atoms with Crippen LogP contribution in [0.1, 0.15) is 96.8 Å². The molecule has 0 amide bonds. The maximum Gasteiger partial charge on any atom is 0.302 e. The number of rotatable bonds is 8. The highest BCUT2D eigenvalue weighted by Gasteiger charge is 2.65. The van der Waals surface area contributed by atoms with E-state index in [9.17, 15) is 20.1 Å². The van der Waals surface area contributed by atoms with E-state index in [1.807, 2.05) is 0 Å². The molecule has 1 spiro atoms. The molecule has 2 aliphatic heterocycles. The fourth-order valence-electron chi connectivity index (χ4n) is 12.9. The van der Waals surface area contributed by atoms with Crippen LogP contribution in [0.3, 0.4) is 0 Å². The summed E-state index contributed by atoms with van der Waals surface area (Å²) in [7, 11) is 1.69. The van der Waals surface area contributed by atoms with Crippen molar-refractivity contribution in [2.75, 3.05) is 27.1 Å². The highest BCUT2D eigenvalue weighted by Crippen LogP contribution is 2.68. The first kappa shape index (κ1) is 34.6. The molecular formula is C37H62N2O8. The largest absolute Gasteiger partial charge is 0.465 e. The van der Waals surface area contributed by atoms with E-state index in [1.165, 1.54) is 39.0 Å². The molecule has 2 heterocycles. The molecule has 10 heteroatoms. The minimum Gasteiger partial charge on any atom is -0.465 e. The lowest BCUT2D eigenvalue weighted by Gasteiger charge is -2.61. The Kier molecular flexibility index (Phi) is 10.6. The van der Waals surface area contributed by atoms with Crippen molar-refractivity contribution in [3.63, 3.8) is 0 Å². The monoisotopic (exact) mass is 662 g/mol. The van der Waals surface area contributed by atoms with E-state index in [-0.39, 0.29) is 66.7 Å². The fraction of sp³-hybridized carbons (Fsp3) is 0.973. The van der Waals surface area contributed by atoms with E-state index in [4.69, 9.17) is 24.7 Å². The molecule has 7 rings (SSSR count). The number of aliphatic hydroxyl groups excluding tert-OH is 3. The molecule has 2 saturated heterocycles. The first-order valence-corrected chi connectivity index (χ1v) is 19.1. The number of methoxy groups -OCH3 is 1. The third-order valence-corrected chi connectivity index (χ3v) is 14.6. The van der Waals surface area contributed by atoms with Gasteiger partial charge in [-0.15, -0.1) is 0 Å². The zero-order chi connectivity index (χ0) is 32.9. The van der Waals surface area contributed by atoms with E-state index < -0.39 is 6.10 Å². The minimum atomic E-state index is -0.453. The van der Waals surface area contributed by atoms with Gasteiger partial charge in [0.15, 0.2) is 0 Å². The predicted molar refractivity (Wildman–Crippen MR) is 175 cm³/mol. The minimum absolute atomic E-state index is 0.0320. The average molecular weight is 663 g/mol. The Bertz CT molecular complexity index is 1070. The van der Waals surface area contributed by atoms with Crippen molar-refractivity contribution < 1.29 is 39.1 Å². The Morgan fingerprint density at radius 3 is 2.51 bits per heavy atom. The van der Waals surface area contributed by atoms with Crippen LogP contribution in [0.4, 0.5) is 0 Å². The van der Waals surface area contributed by atoms with Crippen molar-refractivity contribution >= 4 is 5.97 Å². The van der Waals surface area contributed by atoms with Gasteiger partial charge in [0.2, 0.25) is 0 Å². The number of carbonyl (C=O) groups is 1. The summed E-state index contributed by atoms with van der Waals surface area (Å²) in [5.74, 6) is 3.30. The van der Waals surface area contributed by atoms with Crippen molar-refractivity contribution in [1.82, 2.24) is 5.32 Å². The molecule has 7 aliphatic rings. The van der Waals surface area contributed by atoms with Crippen LogP contribution < -0.4 is 11.1 Å². The second-order valence-electron chi connectivity index (χ2n) is 17.0. The first-order chi connectivity index (χ1) is 22.7. The first-order valence-electron chi connectivity index (χ1n) is 19.1. The van der Waals surface area contributed by atoms with Gasteiger partial charge in [-0.05, 0) is 149 Å². The lowest BCUT2D eigenvalue weighted by atomic mass is 9.45. The van der Waals surface area contributed by atoms with Crippen LogP contribution in [0.5, 0.6) is 0 Å². The van der Waals surface area contributed by atoms with Gasteiger partial charge in [-0.2, -0.15) is 0 Å². The number of ether oxygens (including phenoxy) is 4. The molecule has 47 heavy (non-hydrogen) atoms. The molecular weight excluding hydrogens is 600 g/mol. The summed E-state index contributed by atoms with van der Waals surface area (Å²) in [5, 5.41) is 35.1. The zero-order valence-corrected chi connectivity index (χ0v) is 28.7. The number of fused-ring (bicyclic) bond motifs is 6. The highest BCUT2D eigenvalue weighted by molar-refractivity contribution is 5.65. The third-order valence-electron chi connectivity index (χ3n) is 14.6. The summed E-state index contributed by atoms with van der Waals surface area (Å²) < 4.78 is 25.0. The molecule has 17 atom stereocenters. The zero-order valence-electron chi connectivity index (χ0n) is 28.7. The maximum absolute atomic E-state index is 12.1. The summed E-state index contributed by atoms with van der Waals surface area (Å²) >= 11 is 0. The molecule has 0 aromatic carbocycles. The van der Waals surface area contributed by atoms with Gasteiger partial charge in [0.05, 0.1) is 49.4 Å². The van der Waals surface area contributed by atoms with E-state index in [0.717, 1.165) is 51.5 Å². The van der Waals surface area contributed by atoms with Crippen LogP contribution in [-0.4, -0.2) is 91.1 Å². The summed E-state index contributed by atoms with van der Waals surface area (Å²) in [4.78, 5) is 12.1. The van der Waals surface area contributed by atoms with Crippen molar-refractivity contribution in [1.29, 1.82) is 0 Å². The molecule has 0 aromatic rings. The second kappa shape index (κ2) is 14.4. The Morgan fingerprint density at radius 2 is 1.77 bits per heavy atom. The molecule has 0 aromatic heterocycles. The standard InChI is InChI=1S/C37H62N2O8/c1-20(41)45-18-28-26-5-6-27-33-24(12-25(42)14-31(33)46-19-40)16-37(10-9-21(15-37)11-22-3-8-32(38)39-17-22)34(27)36(26)47-35(28)23-4-7-29(43)30(13-23)44-2/h21-36,39-40,42-43H,3-19,38H2,1-2H3. The summed E-state index contributed by atoms with van der Waals surface area (Å²) in [6.07, 6.45) is 13.1. The van der Waals surface area contributed by atoms with Gasteiger partial charge in [-0.25, -0.2) is 0 Å². The number of esters is 1. The van der Waals surface area contributed by atoms with Crippen molar-refractivity contribution in [2.45, 2.75) is 140 Å². The molecule has 5 saturated carbocycles. The predicted octanol–water partition coefficient (Wildman–Crippen LogP) is 3.34. The van der Waals surface area contributed by atoms with Gasteiger partial charge in [-0.3, -0.25) is 4.79 Å². The highest BCUT2D eigenvalue weighted by atomic mass is 16.6.